The van der Waals surface area contributed by atoms with E-state index in [-0.39, 0.29) is 0 Å². The number of nitrogens with one attached hydrogen (secondary N) is 1. The fourth-order valence-corrected chi connectivity index (χ4v) is 4.84. The standard InChI is InChI=1S/C22H28N2/c1-24-17-22(13-15-23-16-14-22)20-10-6-5-9-19(20)21(24)12-11-18-7-3-2-4-8-18/h2-10,21,23H,11-17H2,1H3. The minimum absolute atomic E-state index is 0.361. The fourth-order valence-electron chi connectivity index (χ4n) is 4.84. The minimum atomic E-state index is 0.361. The Morgan fingerprint density at radius 2 is 1.71 bits per heavy atom. The van der Waals surface area contributed by atoms with Gasteiger partial charge < -0.3 is 5.32 Å². The molecule has 1 atom stereocenters. The van der Waals surface area contributed by atoms with Gasteiger partial charge in [0.1, 0.15) is 0 Å². The fraction of sp³-hybridized carbons (Fsp3) is 0.455. The molecule has 1 spiro atoms. The Kier molecular flexibility index (Phi) is 4.43. The van der Waals surface area contributed by atoms with E-state index in [1.807, 2.05) is 0 Å². The van der Waals surface area contributed by atoms with Crippen LogP contribution in [0.1, 0.15) is 42.0 Å². The van der Waals surface area contributed by atoms with Gasteiger partial charge in [0.2, 0.25) is 0 Å². The van der Waals surface area contributed by atoms with Gasteiger partial charge in [0.05, 0.1) is 0 Å². The third kappa shape index (κ3) is 2.89. The quantitative estimate of drug-likeness (QED) is 0.922. The van der Waals surface area contributed by atoms with Gasteiger partial charge in [0, 0.05) is 18.0 Å². The molecule has 24 heavy (non-hydrogen) atoms. The van der Waals surface area contributed by atoms with Crippen molar-refractivity contribution in [1.82, 2.24) is 10.2 Å². The van der Waals surface area contributed by atoms with Crippen LogP contribution in [0.4, 0.5) is 0 Å². The summed E-state index contributed by atoms with van der Waals surface area (Å²) in [5.74, 6) is 0. The van der Waals surface area contributed by atoms with Gasteiger partial charge in [-0.2, -0.15) is 0 Å². The molecule has 1 unspecified atom stereocenters. The number of hydrogen-bond acceptors (Lipinski definition) is 2. The molecule has 0 amide bonds. The van der Waals surface area contributed by atoms with E-state index in [1.165, 1.54) is 31.4 Å². The molecule has 2 nitrogen and oxygen atoms in total. The number of hydrogen-bond donors (Lipinski definition) is 1. The topological polar surface area (TPSA) is 15.3 Å². The van der Waals surface area contributed by atoms with Crippen LogP contribution in [0.5, 0.6) is 0 Å². The second-order valence-corrected chi connectivity index (χ2v) is 7.57. The normalized spacial score (nSPS) is 23.1. The van der Waals surface area contributed by atoms with Crippen LogP contribution in [0, 0.1) is 0 Å². The van der Waals surface area contributed by atoms with Crippen molar-refractivity contribution in [3.8, 4) is 0 Å². The second-order valence-electron chi connectivity index (χ2n) is 7.57. The SMILES string of the molecule is CN1CC2(CCNCC2)c2ccccc2C1CCc1ccccc1. The highest BCUT2D eigenvalue weighted by atomic mass is 15.1. The molecule has 2 aromatic carbocycles. The van der Waals surface area contributed by atoms with Crippen LogP contribution in [-0.4, -0.2) is 31.6 Å². The Labute approximate surface area is 145 Å². The molecule has 2 heterocycles. The molecule has 4 rings (SSSR count). The second kappa shape index (κ2) is 6.70. The highest BCUT2D eigenvalue weighted by Crippen LogP contribution is 2.45. The van der Waals surface area contributed by atoms with Gasteiger partial charge in [0.15, 0.2) is 0 Å². The summed E-state index contributed by atoms with van der Waals surface area (Å²) in [6.07, 6.45) is 4.88. The van der Waals surface area contributed by atoms with Crippen molar-refractivity contribution in [3.63, 3.8) is 0 Å². The van der Waals surface area contributed by atoms with E-state index < -0.39 is 0 Å². The molecule has 2 aromatic rings. The van der Waals surface area contributed by atoms with Gasteiger partial charge in [-0.3, -0.25) is 4.90 Å². The van der Waals surface area contributed by atoms with E-state index >= 15 is 0 Å². The first kappa shape index (κ1) is 15.9. The van der Waals surface area contributed by atoms with Crippen LogP contribution in [0.15, 0.2) is 54.6 Å². The summed E-state index contributed by atoms with van der Waals surface area (Å²) < 4.78 is 0. The van der Waals surface area contributed by atoms with E-state index in [1.54, 1.807) is 11.1 Å². The van der Waals surface area contributed by atoms with E-state index in [0.29, 0.717) is 11.5 Å². The van der Waals surface area contributed by atoms with Gasteiger partial charge in [-0.15, -0.1) is 0 Å². The number of piperidine rings is 1. The van der Waals surface area contributed by atoms with Crippen LogP contribution >= 0.6 is 0 Å². The minimum Gasteiger partial charge on any atom is -0.317 e. The van der Waals surface area contributed by atoms with Crippen molar-refractivity contribution in [3.05, 3.63) is 71.3 Å². The van der Waals surface area contributed by atoms with Gasteiger partial charge in [-0.05, 0) is 62.5 Å². The Morgan fingerprint density at radius 1 is 1.00 bits per heavy atom. The van der Waals surface area contributed by atoms with Crippen molar-refractivity contribution < 1.29 is 0 Å². The Balaban J connectivity index is 1.62. The molecule has 1 N–H and O–H groups in total. The molecular weight excluding hydrogens is 292 g/mol. The van der Waals surface area contributed by atoms with Crippen molar-refractivity contribution >= 4 is 0 Å². The zero-order valence-corrected chi connectivity index (χ0v) is 14.7. The Morgan fingerprint density at radius 3 is 2.50 bits per heavy atom. The summed E-state index contributed by atoms with van der Waals surface area (Å²) in [4.78, 5) is 2.62. The number of aryl methyl sites for hydroxylation is 1. The average Bonchev–Trinajstić information content (AvgIpc) is 2.63. The van der Waals surface area contributed by atoms with E-state index in [4.69, 9.17) is 0 Å². The molecule has 0 radical (unpaired) electrons. The molecule has 1 saturated heterocycles. The lowest BCUT2D eigenvalue weighted by molar-refractivity contribution is 0.128. The molecule has 0 aliphatic carbocycles. The summed E-state index contributed by atoms with van der Waals surface area (Å²) in [6.45, 7) is 3.50. The molecule has 2 aliphatic rings. The Hall–Kier alpha value is -1.64. The predicted molar refractivity (Wildman–Crippen MR) is 100 cm³/mol. The van der Waals surface area contributed by atoms with Crippen molar-refractivity contribution in [2.45, 2.75) is 37.1 Å². The van der Waals surface area contributed by atoms with Gasteiger partial charge in [-0.1, -0.05) is 54.6 Å². The van der Waals surface area contributed by atoms with Crippen molar-refractivity contribution in [1.29, 1.82) is 0 Å². The highest BCUT2D eigenvalue weighted by molar-refractivity contribution is 5.40. The van der Waals surface area contributed by atoms with Crippen molar-refractivity contribution in [2.24, 2.45) is 0 Å². The van der Waals surface area contributed by atoms with E-state index in [9.17, 15) is 0 Å². The first-order chi connectivity index (χ1) is 11.8. The number of nitrogens with zero attached hydrogens (tertiary/aromatic N) is 1. The van der Waals surface area contributed by atoms with Crippen LogP contribution < -0.4 is 5.32 Å². The summed E-state index contributed by atoms with van der Waals surface area (Å²) in [5, 5.41) is 3.54. The van der Waals surface area contributed by atoms with Crippen LogP contribution in [-0.2, 0) is 11.8 Å². The number of rotatable bonds is 3. The molecule has 0 saturated carbocycles. The molecule has 2 heteroatoms. The van der Waals surface area contributed by atoms with Crippen molar-refractivity contribution in [2.75, 3.05) is 26.7 Å². The monoisotopic (exact) mass is 320 g/mol. The van der Waals surface area contributed by atoms with Crippen LogP contribution in [0.25, 0.3) is 0 Å². The number of likely N-dealkylation sites (N-methyl/N-ethyl adjacent to an activating group) is 1. The number of fused-ring (bicyclic) bond motifs is 2. The maximum absolute atomic E-state index is 3.54. The smallest absolute Gasteiger partial charge is 0.0351 e. The third-order valence-corrected chi connectivity index (χ3v) is 6.09. The third-order valence-electron chi connectivity index (χ3n) is 6.09. The first-order valence-electron chi connectivity index (χ1n) is 9.33. The lowest BCUT2D eigenvalue weighted by Crippen LogP contribution is -2.51. The predicted octanol–water partition coefficient (Wildman–Crippen LogP) is 3.93. The lowest BCUT2D eigenvalue weighted by atomic mass is 9.67. The van der Waals surface area contributed by atoms with E-state index in [0.717, 1.165) is 19.5 Å². The molecule has 126 valence electrons. The highest BCUT2D eigenvalue weighted by Gasteiger charge is 2.42. The van der Waals surface area contributed by atoms with Crippen LogP contribution in [0.2, 0.25) is 0 Å². The van der Waals surface area contributed by atoms with Crippen LogP contribution in [0.3, 0.4) is 0 Å². The summed E-state index contributed by atoms with van der Waals surface area (Å²) in [5.41, 5.74) is 5.01. The zero-order valence-electron chi connectivity index (χ0n) is 14.7. The summed E-state index contributed by atoms with van der Waals surface area (Å²) >= 11 is 0. The van der Waals surface area contributed by atoms with Gasteiger partial charge >= 0.3 is 0 Å². The largest absolute Gasteiger partial charge is 0.317 e. The number of benzene rings is 2. The Bertz CT molecular complexity index is 673. The van der Waals surface area contributed by atoms with Gasteiger partial charge in [0.25, 0.3) is 0 Å². The zero-order chi connectivity index (χ0) is 16.4. The van der Waals surface area contributed by atoms with E-state index in [2.05, 4.69) is 71.9 Å². The van der Waals surface area contributed by atoms with Gasteiger partial charge in [-0.25, -0.2) is 0 Å². The maximum atomic E-state index is 3.54. The molecular formula is C22H28N2. The molecule has 0 bridgehead atoms. The molecule has 1 fully saturated rings. The summed E-state index contributed by atoms with van der Waals surface area (Å²) in [7, 11) is 2.33. The molecule has 2 aliphatic heterocycles. The lowest BCUT2D eigenvalue weighted by Gasteiger charge is -2.49. The average molecular weight is 320 g/mol. The first-order valence-corrected chi connectivity index (χ1v) is 9.33. The summed E-state index contributed by atoms with van der Waals surface area (Å²) in [6, 6.07) is 20.7. The maximum Gasteiger partial charge on any atom is 0.0351 e. The molecule has 0 aromatic heterocycles.